The van der Waals surface area contributed by atoms with Gasteiger partial charge in [0, 0.05) is 6.42 Å². The van der Waals surface area contributed by atoms with Crippen molar-refractivity contribution in [3.8, 4) is 0 Å². The average Bonchev–Trinajstić information content (AvgIpc) is 2.12. The SMILES string of the molecule is CC(C)(O)Cc1cocn1. The minimum Gasteiger partial charge on any atom is -0.451 e. The van der Waals surface area contributed by atoms with E-state index in [2.05, 4.69) is 4.98 Å². The van der Waals surface area contributed by atoms with Gasteiger partial charge in [0.05, 0.1) is 11.3 Å². The summed E-state index contributed by atoms with van der Waals surface area (Å²) in [5, 5.41) is 9.31. The van der Waals surface area contributed by atoms with Crippen molar-refractivity contribution in [2.45, 2.75) is 25.9 Å². The van der Waals surface area contributed by atoms with E-state index in [9.17, 15) is 5.11 Å². The van der Waals surface area contributed by atoms with Gasteiger partial charge < -0.3 is 9.52 Å². The number of rotatable bonds is 2. The van der Waals surface area contributed by atoms with Crippen LogP contribution in [0.2, 0.25) is 0 Å². The molecule has 1 aromatic heterocycles. The molecule has 0 aliphatic carbocycles. The summed E-state index contributed by atoms with van der Waals surface area (Å²) < 4.78 is 4.74. The molecule has 3 nitrogen and oxygen atoms in total. The van der Waals surface area contributed by atoms with E-state index in [1.165, 1.54) is 12.7 Å². The molecule has 0 unspecified atom stereocenters. The molecule has 0 radical (unpaired) electrons. The molecule has 0 saturated carbocycles. The number of hydrogen-bond donors (Lipinski definition) is 1. The molecular weight excluding hydrogens is 130 g/mol. The standard InChI is InChI=1S/C7H11NO2/c1-7(2,9)3-6-4-10-5-8-6/h4-5,9H,3H2,1-2H3. The van der Waals surface area contributed by atoms with Crippen LogP contribution in [-0.4, -0.2) is 15.7 Å². The third kappa shape index (κ3) is 2.19. The van der Waals surface area contributed by atoms with Gasteiger partial charge in [-0.3, -0.25) is 0 Å². The summed E-state index contributed by atoms with van der Waals surface area (Å²) in [4.78, 5) is 3.87. The highest BCUT2D eigenvalue weighted by atomic mass is 16.3. The number of nitrogens with zero attached hydrogens (tertiary/aromatic N) is 1. The third-order valence-electron chi connectivity index (χ3n) is 1.10. The fraction of sp³-hybridized carbons (Fsp3) is 0.571. The van der Waals surface area contributed by atoms with Crippen LogP contribution in [0.3, 0.4) is 0 Å². The highest BCUT2D eigenvalue weighted by Crippen LogP contribution is 2.09. The molecule has 10 heavy (non-hydrogen) atoms. The van der Waals surface area contributed by atoms with Crippen molar-refractivity contribution in [2.24, 2.45) is 0 Å². The van der Waals surface area contributed by atoms with Crippen LogP contribution in [-0.2, 0) is 6.42 Å². The Kier molecular flexibility index (Phi) is 1.76. The maximum atomic E-state index is 9.31. The molecule has 0 saturated heterocycles. The van der Waals surface area contributed by atoms with E-state index in [4.69, 9.17) is 4.42 Å². The Balaban J connectivity index is 2.57. The molecule has 1 heterocycles. The molecule has 56 valence electrons. The Morgan fingerprint density at radius 2 is 2.40 bits per heavy atom. The topological polar surface area (TPSA) is 46.3 Å². The number of aromatic nitrogens is 1. The molecule has 0 atom stereocenters. The summed E-state index contributed by atoms with van der Waals surface area (Å²) in [5.41, 5.74) is 0.0872. The Morgan fingerprint density at radius 3 is 2.80 bits per heavy atom. The van der Waals surface area contributed by atoms with Crippen molar-refractivity contribution in [3.63, 3.8) is 0 Å². The van der Waals surface area contributed by atoms with Crippen LogP contribution in [0.15, 0.2) is 17.1 Å². The van der Waals surface area contributed by atoms with Gasteiger partial charge in [0.15, 0.2) is 6.39 Å². The molecule has 0 bridgehead atoms. The van der Waals surface area contributed by atoms with E-state index < -0.39 is 5.60 Å². The Labute approximate surface area is 59.7 Å². The lowest BCUT2D eigenvalue weighted by Crippen LogP contribution is -2.21. The second kappa shape index (κ2) is 2.42. The van der Waals surface area contributed by atoms with E-state index >= 15 is 0 Å². The molecule has 0 aliphatic rings. The molecule has 1 N–H and O–H groups in total. The Morgan fingerprint density at radius 1 is 1.70 bits per heavy atom. The monoisotopic (exact) mass is 141 g/mol. The second-order valence-corrected chi connectivity index (χ2v) is 2.97. The van der Waals surface area contributed by atoms with Gasteiger partial charge in [-0.25, -0.2) is 4.98 Å². The van der Waals surface area contributed by atoms with Crippen LogP contribution < -0.4 is 0 Å². The quantitative estimate of drug-likeness (QED) is 0.668. The maximum absolute atomic E-state index is 9.31. The van der Waals surface area contributed by atoms with Crippen molar-refractivity contribution in [3.05, 3.63) is 18.4 Å². The summed E-state index contributed by atoms with van der Waals surface area (Å²) in [6.45, 7) is 3.48. The van der Waals surface area contributed by atoms with Crippen LogP contribution in [0, 0.1) is 0 Å². The van der Waals surface area contributed by atoms with Gasteiger partial charge in [0.25, 0.3) is 0 Å². The van der Waals surface area contributed by atoms with E-state index in [0.717, 1.165) is 5.69 Å². The van der Waals surface area contributed by atoms with E-state index in [1.54, 1.807) is 13.8 Å². The van der Waals surface area contributed by atoms with Crippen molar-refractivity contribution in [1.82, 2.24) is 4.98 Å². The van der Waals surface area contributed by atoms with Crippen LogP contribution >= 0.6 is 0 Å². The molecular formula is C7H11NO2. The molecule has 0 aliphatic heterocycles. The van der Waals surface area contributed by atoms with Crippen LogP contribution in [0.4, 0.5) is 0 Å². The minimum atomic E-state index is -0.698. The Bertz CT molecular complexity index is 186. The zero-order valence-electron chi connectivity index (χ0n) is 6.16. The van der Waals surface area contributed by atoms with Crippen LogP contribution in [0.1, 0.15) is 19.5 Å². The first-order valence-electron chi connectivity index (χ1n) is 3.17. The lowest BCUT2D eigenvalue weighted by atomic mass is 10.0. The van der Waals surface area contributed by atoms with Gasteiger partial charge >= 0.3 is 0 Å². The van der Waals surface area contributed by atoms with Gasteiger partial charge in [0.1, 0.15) is 6.26 Å². The molecule has 0 fully saturated rings. The number of aliphatic hydroxyl groups is 1. The number of hydrogen-bond acceptors (Lipinski definition) is 3. The average molecular weight is 141 g/mol. The molecule has 1 rings (SSSR count). The molecule has 0 aromatic carbocycles. The summed E-state index contributed by atoms with van der Waals surface area (Å²) >= 11 is 0. The minimum absolute atomic E-state index is 0.531. The van der Waals surface area contributed by atoms with Gasteiger partial charge in [-0.15, -0.1) is 0 Å². The lowest BCUT2D eigenvalue weighted by Gasteiger charge is -2.13. The fourth-order valence-electron chi connectivity index (χ4n) is 0.768. The first kappa shape index (κ1) is 7.28. The van der Waals surface area contributed by atoms with Crippen LogP contribution in [0.25, 0.3) is 0 Å². The summed E-state index contributed by atoms with van der Waals surface area (Å²) in [7, 11) is 0. The zero-order chi connectivity index (χ0) is 7.61. The fourth-order valence-corrected chi connectivity index (χ4v) is 0.768. The first-order chi connectivity index (χ1) is 4.58. The predicted octanol–water partition coefficient (Wildman–Crippen LogP) is 0.988. The number of oxazole rings is 1. The van der Waals surface area contributed by atoms with E-state index in [-0.39, 0.29) is 0 Å². The van der Waals surface area contributed by atoms with Crippen molar-refractivity contribution < 1.29 is 9.52 Å². The van der Waals surface area contributed by atoms with Crippen LogP contribution in [0.5, 0.6) is 0 Å². The van der Waals surface area contributed by atoms with Crippen molar-refractivity contribution in [2.75, 3.05) is 0 Å². The predicted molar refractivity (Wildman–Crippen MR) is 36.5 cm³/mol. The largest absolute Gasteiger partial charge is 0.451 e. The summed E-state index contributed by atoms with van der Waals surface area (Å²) in [5.74, 6) is 0. The van der Waals surface area contributed by atoms with Crippen molar-refractivity contribution in [1.29, 1.82) is 0 Å². The smallest absolute Gasteiger partial charge is 0.180 e. The summed E-state index contributed by atoms with van der Waals surface area (Å²) in [6, 6.07) is 0. The molecule has 3 heteroatoms. The maximum Gasteiger partial charge on any atom is 0.180 e. The third-order valence-corrected chi connectivity index (χ3v) is 1.10. The highest BCUT2D eigenvalue weighted by molar-refractivity contribution is 4.95. The van der Waals surface area contributed by atoms with Gasteiger partial charge in [-0.05, 0) is 13.8 Å². The first-order valence-corrected chi connectivity index (χ1v) is 3.17. The normalized spacial score (nSPS) is 11.9. The molecule has 1 aromatic rings. The highest BCUT2D eigenvalue weighted by Gasteiger charge is 2.14. The zero-order valence-corrected chi connectivity index (χ0v) is 6.16. The molecule has 0 spiro atoms. The van der Waals surface area contributed by atoms with Gasteiger partial charge in [-0.2, -0.15) is 0 Å². The van der Waals surface area contributed by atoms with E-state index in [1.807, 2.05) is 0 Å². The Hall–Kier alpha value is -0.830. The van der Waals surface area contributed by atoms with Crippen molar-refractivity contribution >= 4 is 0 Å². The molecule has 0 amide bonds. The van der Waals surface area contributed by atoms with Gasteiger partial charge in [0.2, 0.25) is 0 Å². The lowest BCUT2D eigenvalue weighted by molar-refractivity contribution is 0.0799. The van der Waals surface area contributed by atoms with E-state index in [0.29, 0.717) is 6.42 Å². The van der Waals surface area contributed by atoms with Gasteiger partial charge in [-0.1, -0.05) is 0 Å². The second-order valence-electron chi connectivity index (χ2n) is 2.97. The summed E-state index contributed by atoms with van der Waals surface area (Å²) in [6.07, 6.45) is 3.43.